The molecule has 1 aromatic heterocycles. The van der Waals surface area contributed by atoms with E-state index in [0.717, 1.165) is 43.9 Å². The van der Waals surface area contributed by atoms with E-state index in [4.69, 9.17) is 11.6 Å². The molecule has 1 aliphatic rings. The molecular weight excluding hydrogens is 372 g/mol. The van der Waals surface area contributed by atoms with Crippen molar-refractivity contribution < 1.29 is 0 Å². The molecule has 3 aromatic rings. The Morgan fingerprint density at radius 3 is 2.68 bits per heavy atom. The van der Waals surface area contributed by atoms with Gasteiger partial charge in [-0.05, 0) is 31.1 Å². The fraction of sp³-hybridized carbons (Fsp3) is 0.273. The number of benzene rings is 2. The van der Waals surface area contributed by atoms with Crippen molar-refractivity contribution in [1.82, 2.24) is 20.2 Å². The molecule has 0 saturated carbocycles. The normalized spacial score (nSPS) is 15.3. The lowest BCUT2D eigenvalue weighted by Crippen LogP contribution is -2.27. The van der Waals surface area contributed by atoms with Crippen LogP contribution in [0, 0.1) is 0 Å². The predicted molar refractivity (Wildman–Crippen MR) is 114 cm³/mol. The van der Waals surface area contributed by atoms with Crippen molar-refractivity contribution in [3.8, 4) is 22.6 Å². The lowest BCUT2D eigenvalue weighted by molar-refractivity contribution is 0.284. The van der Waals surface area contributed by atoms with Crippen LogP contribution in [0.25, 0.3) is 22.6 Å². The summed E-state index contributed by atoms with van der Waals surface area (Å²) in [6.45, 7) is 5.25. The van der Waals surface area contributed by atoms with Gasteiger partial charge in [-0.15, -0.1) is 0 Å². The summed E-state index contributed by atoms with van der Waals surface area (Å²) in [4.78, 5) is 22.1. The van der Waals surface area contributed by atoms with Gasteiger partial charge in [-0.3, -0.25) is 9.69 Å². The van der Waals surface area contributed by atoms with E-state index < -0.39 is 0 Å². The molecule has 6 heteroatoms. The molecule has 144 valence electrons. The Morgan fingerprint density at radius 2 is 1.86 bits per heavy atom. The van der Waals surface area contributed by atoms with Crippen molar-refractivity contribution in [2.75, 3.05) is 26.2 Å². The standard InChI is InChI=1S/C22H23ClN4O/c23-19-5-2-1-4-18(19)20-14-21(28)26-22(25-20)17-8-6-16(7-9-17)15-27-12-3-10-24-11-13-27/h1-2,4-9,14,24H,3,10-13,15H2,(H,25,26,28). The Kier molecular flexibility index (Phi) is 5.86. The van der Waals surface area contributed by atoms with Crippen LogP contribution in [0.15, 0.2) is 59.4 Å². The van der Waals surface area contributed by atoms with Gasteiger partial charge >= 0.3 is 0 Å². The third-order valence-corrected chi connectivity index (χ3v) is 5.29. The number of halogens is 1. The Hall–Kier alpha value is -2.47. The number of rotatable bonds is 4. The van der Waals surface area contributed by atoms with Crippen molar-refractivity contribution in [3.05, 3.63) is 75.5 Å². The lowest BCUT2D eigenvalue weighted by Gasteiger charge is -2.19. The SMILES string of the molecule is O=c1cc(-c2ccccc2Cl)nc(-c2ccc(CN3CCCNCC3)cc2)[nH]1. The van der Waals surface area contributed by atoms with Crippen molar-refractivity contribution in [3.63, 3.8) is 0 Å². The summed E-state index contributed by atoms with van der Waals surface area (Å²) in [6.07, 6.45) is 1.18. The number of aromatic amines is 1. The summed E-state index contributed by atoms with van der Waals surface area (Å²) in [6, 6.07) is 17.1. The van der Waals surface area contributed by atoms with Crippen molar-refractivity contribution in [2.24, 2.45) is 0 Å². The molecule has 0 amide bonds. The Bertz CT molecular complexity index is 992. The lowest BCUT2D eigenvalue weighted by atomic mass is 10.1. The van der Waals surface area contributed by atoms with Crippen molar-refractivity contribution in [1.29, 1.82) is 0 Å². The molecule has 1 fully saturated rings. The minimum Gasteiger partial charge on any atom is -0.315 e. The maximum Gasteiger partial charge on any atom is 0.251 e. The van der Waals surface area contributed by atoms with E-state index in [9.17, 15) is 4.79 Å². The van der Waals surface area contributed by atoms with E-state index >= 15 is 0 Å². The van der Waals surface area contributed by atoms with Gasteiger partial charge in [-0.2, -0.15) is 0 Å². The highest BCUT2D eigenvalue weighted by Crippen LogP contribution is 2.26. The summed E-state index contributed by atoms with van der Waals surface area (Å²) in [5.74, 6) is 0.549. The van der Waals surface area contributed by atoms with Crippen LogP contribution in [0.1, 0.15) is 12.0 Å². The molecule has 0 bridgehead atoms. The van der Waals surface area contributed by atoms with Crippen LogP contribution < -0.4 is 10.9 Å². The highest BCUT2D eigenvalue weighted by Gasteiger charge is 2.11. The van der Waals surface area contributed by atoms with Gasteiger partial charge in [0.25, 0.3) is 5.56 Å². The number of hydrogen-bond acceptors (Lipinski definition) is 4. The van der Waals surface area contributed by atoms with Gasteiger partial charge in [0.1, 0.15) is 5.82 Å². The zero-order chi connectivity index (χ0) is 19.3. The summed E-state index contributed by atoms with van der Waals surface area (Å²) in [7, 11) is 0. The molecule has 0 atom stereocenters. The van der Waals surface area contributed by atoms with Crippen LogP contribution in [0.4, 0.5) is 0 Å². The number of nitrogens with one attached hydrogen (secondary N) is 2. The minimum atomic E-state index is -0.193. The molecule has 0 radical (unpaired) electrons. The third-order valence-electron chi connectivity index (χ3n) is 4.96. The average Bonchev–Trinajstić information content (AvgIpc) is 2.97. The molecule has 2 heterocycles. The maximum absolute atomic E-state index is 12.2. The molecule has 0 unspecified atom stereocenters. The van der Waals surface area contributed by atoms with Crippen molar-refractivity contribution in [2.45, 2.75) is 13.0 Å². The van der Waals surface area contributed by atoms with Crippen LogP contribution in [0.3, 0.4) is 0 Å². The van der Waals surface area contributed by atoms with E-state index in [1.807, 2.05) is 30.3 Å². The van der Waals surface area contributed by atoms with Crippen LogP contribution in [-0.4, -0.2) is 41.0 Å². The first-order valence-electron chi connectivity index (χ1n) is 9.58. The molecule has 4 rings (SSSR count). The van der Waals surface area contributed by atoms with Gasteiger partial charge in [0, 0.05) is 41.9 Å². The van der Waals surface area contributed by atoms with E-state index in [-0.39, 0.29) is 5.56 Å². The Labute approximate surface area is 169 Å². The first-order valence-corrected chi connectivity index (χ1v) is 9.95. The summed E-state index contributed by atoms with van der Waals surface area (Å²) in [5.41, 5.74) is 3.28. The van der Waals surface area contributed by atoms with Gasteiger partial charge in [-0.1, -0.05) is 54.1 Å². The summed E-state index contributed by atoms with van der Waals surface area (Å²) >= 11 is 6.27. The van der Waals surface area contributed by atoms with Gasteiger partial charge in [-0.25, -0.2) is 4.98 Å². The highest BCUT2D eigenvalue weighted by molar-refractivity contribution is 6.33. The molecule has 2 aromatic carbocycles. The zero-order valence-corrected chi connectivity index (χ0v) is 16.4. The smallest absolute Gasteiger partial charge is 0.251 e. The van der Waals surface area contributed by atoms with Crippen LogP contribution >= 0.6 is 11.6 Å². The van der Waals surface area contributed by atoms with Gasteiger partial charge in [0.05, 0.1) is 5.69 Å². The van der Waals surface area contributed by atoms with Crippen LogP contribution in [-0.2, 0) is 6.54 Å². The predicted octanol–water partition coefficient (Wildman–Crippen LogP) is 3.55. The van der Waals surface area contributed by atoms with Crippen LogP contribution in [0.2, 0.25) is 5.02 Å². The number of hydrogen-bond donors (Lipinski definition) is 2. The fourth-order valence-corrected chi connectivity index (χ4v) is 3.72. The minimum absolute atomic E-state index is 0.193. The molecule has 1 saturated heterocycles. The van der Waals surface area contributed by atoms with Crippen molar-refractivity contribution >= 4 is 11.6 Å². The van der Waals surface area contributed by atoms with Gasteiger partial charge in [0.15, 0.2) is 0 Å². The average molecular weight is 395 g/mol. The van der Waals surface area contributed by atoms with E-state index in [2.05, 4.69) is 32.3 Å². The molecule has 5 nitrogen and oxygen atoms in total. The molecule has 0 aliphatic carbocycles. The van der Waals surface area contributed by atoms with Gasteiger partial charge in [0.2, 0.25) is 0 Å². The number of aromatic nitrogens is 2. The van der Waals surface area contributed by atoms with Crippen LogP contribution in [0.5, 0.6) is 0 Å². The second-order valence-electron chi connectivity index (χ2n) is 7.04. The number of nitrogens with zero attached hydrogens (tertiary/aromatic N) is 2. The second-order valence-corrected chi connectivity index (χ2v) is 7.44. The molecule has 0 spiro atoms. The summed E-state index contributed by atoms with van der Waals surface area (Å²) in [5, 5.41) is 4.01. The van der Waals surface area contributed by atoms with Gasteiger partial charge < -0.3 is 10.3 Å². The first-order chi connectivity index (χ1) is 13.7. The molecule has 2 N–H and O–H groups in total. The van der Waals surface area contributed by atoms with E-state index in [0.29, 0.717) is 16.5 Å². The van der Waals surface area contributed by atoms with E-state index in [1.54, 1.807) is 6.07 Å². The zero-order valence-electron chi connectivity index (χ0n) is 15.6. The molecular formula is C22H23ClN4O. The topological polar surface area (TPSA) is 61.0 Å². The quantitative estimate of drug-likeness (QED) is 0.710. The van der Waals surface area contributed by atoms with E-state index in [1.165, 1.54) is 18.1 Å². The summed E-state index contributed by atoms with van der Waals surface area (Å²) < 4.78 is 0. The molecule has 28 heavy (non-hydrogen) atoms. The Morgan fingerprint density at radius 1 is 1.04 bits per heavy atom. The maximum atomic E-state index is 12.2. The second kappa shape index (κ2) is 8.69. The largest absolute Gasteiger partial charge is 0.315 e. The Balaban J connectivity index is 1.57. The first kappa shape index (κ1) is 18.9. The highest BCUT2D eigenvalue weighted by atomic mass is 35.5. The fourth-order valence-electron chi connectivity index (χ4n) is 3.49. The monoisotopic (exact) mass is 394 g/mol. The third kappa shape index (κ3) is 4.50. The number of H-pyrrole nitrogens is 1. The molecule has 1 aliphatic heterocycles.